The second kappa shape index (κ2) is 6.94. The summed E-state index contributed by atoms with van der Waals surface area (Å²) in [4.78, 5) is 12.6. The molecule has 0 fully saturated rings. The third-order valence-corrected chi connectivity index (χ3v) is 2.91. The molecule has 2 N–H and O–H groups in total. The Labute approximate surface area is 105 Å². The Morgan fingerprint density at radius 1 is 1.65 bits per heavy atom. The number of nitriles is 1. The van der Waals surface area contributed by atoms with Gasteiger partial charge in [-0.15, -0.1) is 11.8 Å². The van der Waals surface area contributed by atoms with Crippen LogP contribution in [0.15, 0.2) is 29.2 Å². The van der Waals surface area contributed by atoms with Gasteiger partial charge in [0.05, 0.1) is 18.4 Å². The van der Waals surface area contributed by atoms with E-state index in [1.165, 1.54) is 11.8 Å². The standard InChI is InChI=1S/C12H14N2O2S/c1-9(8-15)14-12(16)10-3-2-4-11(7-10)17-6-5-13/h2-4,7,9,15H,6,8H2,1H3,(H,14,16). The lowest BCUT2D eigenvalue weighted by Crippen LogP contribution is -2.34. The summed E-state index contributed by atoms with van der Waals surface area (Å²) in [6.45, 7) is 1.64. The van der Waals surface area contributed by atoms with Gasteiger partial charge in [-0.25, -0.2) is 0 Å². The van der Waals surface area contributed by atoms with Crippen molar-refractivity contribution < 1.29 is 9.90 Å². The zero-order chi connectivity index (χ0) is 12.7. The highest BCUT2D eigenvalue weighted by atomic mass is 32.2. The fourth-order valence-corrected chi connectivity index (χ4v) is 1.81. The summed E-state index contributed by atoms with van der Waals surface area (Å²) in [7, 11) is 0. The molecule has 0 radical (unpaired) electrons. The van der Waals surface area contributed by atoms with Gasteiger partial charge in [-0.1, -0.05) is 6.07 Å². The summed E-state index contributed by atoms with van der Waals surface area (Å²) in [5.74, 6) is 0.143. The van der Waals surface area contributed by atoms with Gasteiger partial charge in [-0.3, -0.25) is 4.79 Å². The number of nitrogens with one attached hydrogen (secondary N) is 1. The Kier molecular flexibility index (Phi) is 5.53. The molecule has 0 saturated heterocycles. The van der Waals surface area contributed by atoms with Crippen molar-refractivity contribution in [2.75, 3.05) is 12.4 Å². The number of aliphatic hydroxyl groups excluding tert-OH is 1. The second-order valence-electron chi connectivity index (χ2n) is 3.53. The fraction of sp³-hybridized carbons (Fsp3) is 0.333. The Morgan fingerprint density at radius 3 is 3.06 bits per heavy atom. The molecule has 4 nitrogen and oxygen atoms in total. The third kappa shape index (κ3) is 4.47. The van der Waals surface area contributed by atoms with Crippen molar-refractivity contribution in [2.24, 2.45) is 0 Å². The molecule has 1 rings (SSSR count). The molecule has 0 saturated carbocycles. The maximum atomic E-state index is 11.7. The van der Waals surface area contributed by atoms with Crippen molar-refractivity contribution in [1.29, 1.82) is 5.26 Å². The molecule has 90 valence electrons. The van der Waals surface area contributed by atoms with Gasteiger partial charge in [-0.05, 0) is 25.1 Å². The predicted molar refractivity (Wildman–Crippen MR) is 66.8 cm³/mol. The lowest BCUT2D eigenvalue weighted by molar-refractivity contribution is 0.0922. The molecule has 17 heavy (non-hydrogen) atoms. The van der Waals surface area contributed by atoms with E-state index in [-0.39, 0.29) is 18.6 Å². The summed E-state index contributed by atoms with van der Waals surface area (Å²) >= 11 is 1.39. The maximum Gasteiger partial charge on any atom is 0.251 e. The number of carbonyl (C=O) groups is 1. The topological polar surface area (TPSA) is 73.1 Å². The highest BCUT2D eigenvalue weighted by molar-refractivity contribution is 7.99. The molecule has 0 heterocycles. The van der Waals surface area contributed by atoms with Crippen molar-refractivity contribution in [3.05, 3.63) is 29.8 Å². The molecule has 1 atom stereocenters. The molecular weight excluding hydrogens is 236 g/mol. The zero-order valence-electron chi connectivity index (χ0n) is 9.51. The van der Waals surface area contributed by atoms with Crippen LogP contribution in [0.3, 0.4) is 0 Å². The normalized spacial score (nSPS) is 11.6. The molecular formula is C12H14N2O2S. The van der Waals surface area contributed by atoms with Crippen molar-refractivity contribution in [2.45, 2.75) is 17.9 Å². The monoisotopic (exact) mass is 250 g/mol. The number of hydrogen-bond acceptors (Lipinski definition) is 4. The van der Waals surface area contributed by atoms with Crippen LogP contribution in [0.1, 0.15) is 17.3 Å². The third-order valence-electron chi connectivity index (χ3n) is 2.05. The number of hydrogen-bond donors (Lipinski definition) is 2. The van der Waals surface area contributed by atoms with E-state index in [0.717, 1.165) is 4.90 Å². The molecule has 0 aliphatic carbocycles. The Hall–Kier alpha value is -1.51. The lowest BCUT2D eigenvalue weighted by atomic mass is 10.2. The molecule has 1 amide bonds. The van der Waals surface area contributed by atoms with Crippen LogP contribution in [0.2, 0.25) is 0 Å². The minimum absolute atomic E-state index is 0.0887. The Balaban J connectivity index is 2.70. The molecule has 5 heteroatoms. The number of thioether (sulfide) groups is 1. The van der Waals surface area contributed by atoms with Gasteiger partial charge in [-0.2, -0.15) is 5.26 Å². The van der Waals surface area contributed by atoms with Crippen molar-refractivity contribution in [3.8, 4) is 6.07 Å². The van der Waals surface area contributed by atoms with Gasteiger partial charge in [0.1, 0.15) is 0 Å². The van der Waals surface area contributed by atoms with Gasteiger partial charge in [0.25, 0.3) is 5.91 Å². The zero-order valence-corrected chi connectivity index (χ0v) is 10.3. The summed E-state index contributed by atoms with van der Waals surface area (Å²) in [6.07, 6.45) is 0. The van der Waals surface area contributed by atoms with Crippen molar-refractivity contribution in [1.82, 2.24) is 5.32 Å². The number of carbonyl (C=O) groups excluding carboxylic acids is 1. The number of rotatable bonds is 5. The number of nitrogens with zero attached hydrogens (tertiary/aromatic N) is 1. The average Bonchev–Trinajstić information content (AvgIpc) is 2.36. The Morgan fingerprint density at radius 2 is 2.41 bits per heavy atom. The highest BCUT2D eigenvalue weighted by Crippen LogP contribution is 2.18. The first-order chi connectivity index (χ1) is 8.17. The average molecular weight is 250 g/mol. The van der Waals surface area contributed by atoms with E-state index in [4.69, 9.17) is 10.4 Å². The molecule has 0 aliphatic heterocycles. The van der Waals surface area contributed by atoms with Crippen LogP contribution < -0.4 is 5.32 Å². The molecule has 0 bridgehead atoms. The van der Waals surface area contributed by atoms with Gasteiger partial charge in [0.15, 0.2) is 0 Å². The van der Waals surface area contributed by atoms with Crippen LogP contribution in [-0.2, 0) is 0 Å². The van der Waals surface area contributed by atoms with E-state index in [1.54, 1.807) is 25.1 Å². The highest BCUT2D eigenvalue weighted by Gasteiger charge is 2.09. The largest absolute Gasteiger partial charge is 0.394 e. The van der Waals surface area contributed by atoms with Gasteiger partial charge in [0.2, 0.25) is 0 Å². The Bertz CT molecular complexity index is 429. The first kappa shape index (κ1) is 13.6. The minimum Gasteiger partial charge on any atom is -0.394 e. The first-order valence-electron chi connectivity index (χ1n) is 5.19. The number of aliphatic hydroxyl groups is 1. The van der Waals surface area contributed by atoms with Crippen LogP contribution in [-0.4, -0.2) is 29.4 Å². The maximum absolute atomic E-state index is 11.7. The molecule has 1 unspecified atom stereocenters. The minimum atomic E-state index is -0.266. The summed E-state index contributed by atoms with van der Waals surface area (Å²) in [6, 6.07) is 8.84. The van der Waals surface area contributed by atoms with E-state index >= 15 is 0 Å². The van der Waals surface area contributed by atoms with Crippen LogP contribution in [0, 0.1) is 11.3 Å². The number of amides is 1. The molecule has 0 aromatic heterocycles. The fourth-order valence-electron chi connectivity index (χ4n) is 1.20. The number of benzene rings is 1. The van der Waals surface area contributed by atoms with Crippen molar-refractivity contribution in [3.63, 3.8) is 0 Å². The summed E-state index contributed by atoms with van der Waals surface area (Å²) < 4.78 is 0. The van der Waals surface area contributed by atoms with Crippen LogP contribution >= 0.6 is 11.8 Å². The predicted octanol–water partition coefficient (Wildman–Crippen LogP) is 1.41. The molecule has 0 spiro atoms. The smallest absolute Gasteiger partial charge is 0.251 e. The SMILES string of the molecule is CC(CO)NC(=O)c1cccc(SCC#N)c1. The van der Waals surface area contributed by atoms with E-state index < -0.39 is 0 Å². The first-order valence-corrected chi connectivity index (χ1v) is 6.17. The molecule has 0 aliphatic rings. The van der Waals surface area contributed by atoms with Crippen LogP contribution in [0.4, 0.5) is 0 Å². The van der Waals surface area contributed by atoms with E-state index in [9.17, 15) is 4.79 Å². The van der Waals surface area contributed by atoms with Crippen LogP contribution in [0.5, 0.6) is 0 Å². The van der Waals surface area contributed by atoms with E-state index in [2.05, 4.69) is 5.32 Å². The summed E-state index contributed by atoms with van der Waals surface area (Å²) in [5.41, 5.74) is 0.535. The van der Waals surface area contributed by atoms with Crippen molar-refractivity contribution >= 4 is 17.7 Å². The summed E-state index contributed by atoms with van der Waals surface area (Å²) in [5, 5.41) is 20.0. The van der Waals surface area contributed by atoms with Gasteiger partial charge >= 0.3 is 0 Å². The molecule has 1 aromatic rings. The quantitative estimate of drug-likeness (QED) is 0.775. The van der Waals surface area contributed by atoms with E-state index in [1.807, 2.05) is 12.1 Å². The van der Waals surface area contributed by atoms with Crippen LogP contribution in [0.25, 0.3) is 0 Å². The van der Waals surface area contributed by atoms with E-state index in [0.29, 0.717) is 11.3 Å². The van der Waals surface area contributed by atoms with Gasteiger partial charge in [0, 0.05) is 16.5 Å². The second-order valence-corrected chi connectivity index (χ2v) is 4.58. The lowest BCUT2D eigenvalue weighted by Gasteiger charge is -2.11. The van der Waals surface area contributed by atoms with Gasteiger partial charge < -0.3 is 10.4 Å². The molecule has 1 aromatic carbocycles.